The van der Waals surface area contributed by atoms with E-state index in [2.05, 4.69) is 15.6 Å². The van der Waals surface area contributed by atoms with Crippen molar-refractivity contribution in [1.29, 1.82) is 0 Å². The number of fused-ring (bicyclic) bond motifs is 1. The molecule has 0 amide bonds. The van der Waals surface area contributed by atoms with Crippen LogP contribution in [0, 0.1) is 5.41 Å². The van der Waals surface area contributed by atoms with Gasteiger partial charge in [0, 0.05) is 30.7 Å². The molecule has 0 bridgehead atoms. The van der Waals surface area contributed by atoms with Crippen LogP contribution in [-0.4, -0.2) is 38.6 Å². The SMILES string of the molecule is CC(C)(O)c1ccc2ncc(-c3cccc(N[C@H]4CNCC45CC5)n3)n2c1. The van der Waals surface area contributed by atoms with E-state index in [9.17, 15) is 5.11 Å². The first-order valence-corrected chi connectivity index (χ1v) is 9.59. The van der Waals surface area contributed by atoms with Gasteiger partial charge >= 0.3 is 0 Å². The Morgan fingerprint density at radius 1 is 1.26 bits per heavy atom. The van der Waals surface area contributed by atoms with Gasteiger partial charge in [0.2, 0.25) is 0 Å². The molecule has 3 aromatic rings. The lowest BCUT2D eigenvalue weighted by atomic mass is 10.0. The number of nitrogens with zero attached hydrogens (tertiary/aromatic N) is 3. The minimum absolute atomic E-state index is 0.433. The van der Waals surface area contributed by atoms with E-state index in [0.717, 1.165) is 41.5 Å². The standard InChI is InChI=1S/C21H25N5O/c1-20(2,27)14-6-7-19-23-10-16(26(19)12-14)15-4-3-5-18(24-15)25-17-11-22-13-21(17)8-9-21/h3-7,10,12,17,22,27H,8-9,11,13H2,1-2H3,(H,24,25)/t17-/m0/s1. The number of anilines is 1. The highest BCUT2D eigenvalue weighted by Crippen LogP contribution is 2.51. The maximum absolute atomic E-state index is 10.3. The van der Waals surface area contributed by atoms with Crippen LogP contribution in [0.15, 0.2) is 42.7 Å². The normalized spacial score (nSPS) is 21.1. The van der Waals surface area contributed by atoms with Crippen LogP contribution in [-0.2, 0) is 5.60 Å². The fourth-order valence-corrected chi connectivity index (χ4v) is 4.06. The summed E-state index contributed by atoms with van der Waals surface area (Å²) in [5.41, 5.74) is 3.01. The predicted octanol–water partition coefficient (Wildman–Crippen LogP) is 2.79. The summed E-state index contributed by atoms with van der Waals surface area (Å²) in [6.07, 6.45) is 6.38. The van der Waals surface area contributed by atoms with Gasteiger partial charge in [-0.1, -0.05) is 12.1 Å². The molecule has 0 radical (unpaired) electrons. The molecule has 0 aromatic carbocycles. The van der Waals surface area contributed by atoms with E-state index >= 15 is 0 Å². The molecule has 27 heavy (non-hydrogen) atoms. The maximum atomic E-state index is 10.3. The lowest BCUT2D eigenvalue weighted by Crippen LogP contribution is -2.29. The molecule has 1 saturated heterocycles. The monoisotopic (exact) mass is 363 g/mol. The summed E-state index contributed by atoms with van der Waals surface area (Å²) in [5.74, 6) is 0.904. The van der Waals surface area contributed by atoms with Gasteiger partial charge in [0.15, 0.2) is 0 Å². The Balaban J connectivity index is 1.49. The zero-order valence-electron chi connectivity index (χ0n) is 15.7. The Bertz CT molecular complexity index is 999. The minimum Gasteiger partial charge on any atom is -0.386 e. The third-order valence-electron chi connectivity index (χ3n) is 6.00. The number of aromatic nitrogens is 3. The Labute approximate surface area is 158 Å². The number of pyridine rings is 2. The molecule has 1 spiro atoms. The van der Waals surface area contributed by atoms with Gasteiger partial charge in [0.05, 0.1) is 23.2 Å². The van der Waals surface area contributed by atoms with E-state index in [4.69, 9.17) is 4.98 Å². The Hall–Kier alpha value is -2.44. The van der Waals surface area contributed by atoms with Gasteiger partial charge in [-0.3, -0.25) is 4.40 Å². The van der Waals surface area contributed by atoms with Crippen molar-refractivity contribution in [1.82, 2.24) is 19.7 Å². The number of imidazole rings is 1. The first kappa shape index (κ1) is 16.7. The van der Waals surface area contributed by atoms with E-state index in [1.54, 1.807) is 13.8 Å². The fraction of sp³-hybridized carbons (Fsp3) is 0.429. The van der Waals surface area contributed by atoms with Crippen molar-refractivity contribution in [3.63, 3.8) is 0 Å². The van der Waals surface area contributed by atoms with Crippen molar-refractivity contribution in [2.45, 2.75) is 38.3 Å². The molecule has 2 fully saturated rings. The highest BCUT2D eigenvalue weighted by Gasteiger charge is 2.52. The highest BCUT2D eigenvalue weighted by atomic mass is 16.3. The van der Waals surface area contributed by atoms with Crippen LogP contribution in [0.25, 0.3) is 17.0 Å². The summed E-state index contributed by atoms with van der Waals surface area (Å²) in [6.45, 7) is 5.68. The maximum Gasteiger partial charge on any atom is 0.137 e. The van der Waals surface area contributed by atoms with Crippen LogP contribution in [0.3, 0.4) is 0 Å². The van der Waals surface area contributed by atoms with Gasteiger partial charge in [0.1, 0.15) is 11.5 Å². The average molecular weight is 363 g/mol. The highest BCUT2D eigenvalue weighted by molar-refractivity contribution is 5.62. The third kappa shape index (κ3) is 2.89. The smallest absolute Gasteiger partial charge is 0.137 e. The van der Waals surface area contributed by atoms with Crippen molar-refractivity contribution in [3.05, 3.63) is 48.3 Å². The van der Waals surface area contributed by atoms with Crippen LogP contribution in [0.4, 0.5) is 5.82 Å². The molecular weight excluding hydrogens is 338 g/mol. The van der Waals surface area contributed by atoms with Crippen LogP contribution >= 0.6 is 0 Å². The molecule has 1 saturated carbocycles. The first-order valence-electron chi connectivity index (χ1n) is 9.59. The molecule has 1 aliphatic heterocycles. The number of aliphatic hydroxyl groups is 1. The van der Waals surface area contributed by atoms with E-state index in [-0.39, 0.29) is 0 Å². The molecule has 1 atom stereocenters. The molecule has 5 rings (SSSR count). The van der Waals surface area contributed by atoms with Gasteiger partial charge in [-0.25, -0.2) is 9.97 Å². The van der Waals surface area contributed by atoms with E-state index in [1.165, 1.54) is 12.8 Å². The second-order valence-electron chi connectivity index (χ2n) is 8.45. The molecule has 1 aliphatic carbocycles. The molecule has 140 valence electrons. The number of rotatable bonds is 4. The molecular formula is C21H25N5O. The lowest BCUT2D eigenvalue weighted by Gasteiger charge is -2.20. The summed E-state index contributed by atoms with van der Waals surface area (Å²) in [4.78, 5) is 9.35. The van der Waals surface area contributed by atoms with E-state index in [0.29, 0.717) is 11.5 Å². The fourth-order valence-electron chi connectivity index (χ4n) is 4.06. The predicted molar refractivity (Wildman–Crippen MR) is 106 cm³/mol. The van der Waals surface area contributed by atoms with Gasteiger partial charge in [-0.05, 0) is 50.5 Å². The Morgan fingerprint density at radius 3 is 2.89 bits per heavy atom. The molecule has 3 aromatic heterocycles. The van der Waals surface area contributed by atoms with Crippen molar-refractivity contribution in [3.8, 4) is 11.4 Å². The van der Waals surface area contributed by atoms with Gasteiger partial charge in [-0.2, -0.15) is 0 Å². The molecule has 4 heterocycles. The summed E-state index contributed by atoms with van der Waals surface area (Å²) < 4.78 is 2.00. The minimum atomic E-state index is -0.902. The first-order chi connectivity index (χ1) is 12.9. The summed E-state index contributed by atoms with van der Waals surface area (Å²) >= 11 is 0. The largest absolute Gasteiger partial charge is 0.386 e. The van der Waals surface area contributed by atoms with E-state index < -0.39 is 5.60 Å². The molecule has 6 heteroatoms. The Kier molecular flexibility index (Phi) is 3.58. The number of hydrogen-bond acceptors (Lipinski definition) is 5. The van der Waals surface area contributed by atoms with Crippen LogP contribution in [0.2, 0.25) is 0 Å². The quantitative estimate of drug-likeness (QED) is 0.665. The summed E-state index contributed by atoms with van der Waals surface area (Å²) in [5, 5.41) is 17.5. The van der Waals surface area contributed by atoms with Crippen molar-refractivity contribution in [2.24, 2.45) is 5.41 Å². The average Bonchev–Trinajstić information content (AvgIpc) is 3.13. The zero-order valence-corrected chi connectivity index (χ0v) is 15.7. The van der Waals surface area contributed by atoms with Crippen molar-refractivity contribution >= 4 is 11.5 Å². The molecule has 0 unspecified atom stereocenters. The molecule has 2 aliphatic rings. The Morgan fingerprint density at radius 2 is 2.11 bits per heavy atom. The second kappa shape index (κ2) is 5.78. The van der Waals surface area contributed by atoms with Crippen LogP contribution in [0.1, 0.15) is 32.3 Å². The number of nitrogens with one attached hydrogen (secondary N) is 2. The molecule has 6 nitrogen and oxygen atoms in total. The van der Waals surface area contributed by atoms with E-state index in [1.807, 2.05) is 47.1 Å². The second-order valence-corrected chi connectivity index (χ2v) is 8.45. The summed E-state index contributed by atoms with van der Waals surface area (Å²) in [7, 11) is 0. The van der Waals surface area contributed by atoms with Crippen LogP contribution in [0.5, 0.6) is 0 Å². The van der Waals surface area contributed by atoms with Crippen LogP contribution < -0.4 is 10.6 Å². The van der Waals surface area contributed by atoms with Gasteiger partial charge in [-0.15, -0.1) is 0 Å². The lowest BCUT2D eigenvalue weighted by molar-refractivity contribution is 0.0782. The zero-order chi connectivity index (χ0) is 18.6. The van der Waals surface area contributed by atoms with Crippen molar-refractivity contribution in [2.75, 3.05) is 18.4 Å². The van der Waals surface area contributed by atoms with Crippen molar-refractivity contribution < 1.29 is 5.11 Å². The van der Waals surface area contributed by atoms with Gasteiger partial charge in [0.25, 0.3) is 0 Å². The molecule has 3 N–H and O–H groups in total. The number of hydrogen-bond donors (Lipinski definition) is 3. The third-order valence-corrected chi connectivity index (χ3v) is 6.00. The summed E-state index contributed by atoms with van der Waals surface area (Å²) in [6, 6.07) is 10.4. The topological polar surface area (TPSA) is 74.5 Å². The van der Waals surface area contributed by atoms with Gasteiger partial charge < -0.3 is 15.7 Å².